The van der Waals surface area contributed by atoms with Gasteiger partial charge in [0.25, 0.3) is 10.2 Å². The fourth-order valence-corrected chi connectivity index (χ4v) is 5.32. The Balaban J connectivity index is 1.97. The molecule has 2 aliphatic rings. The first-order valence-electron chi connectivity index (χ1n) is 8.57. The molecule has 124 valence electrons. The highest BCUT2D eigenvalue weighted by Crippen LogP contribution is 2.22. The molecule has 1 aliphatic heterocycles. The van der Waals surface area contributed by atoms with Crippen LogP contribution >= 0.6 is 0 Å². The van der Waals surface area contributed by atoms with E-state index in [1.54, 1.807) is 4.31 Å². The van der Waals surface area contributed by atoms with Crippen LogP contribution in [0.25, 0.3) is 0 Å². The van der Waals surface area contributed by atoms with Crippen LogP contribution in [0.2, 0.25) is 0 Å². The third-order valence-corrected chi connectivity index (χ3v) is 6.47. The first-order valence-corrected chi connectivity index (χ1v) is 10.0. The van der Waals surface area contributed by atoms with Crippen LogP contribution in [0.1, 0.15) is 64.2 Å². The predicted molar refractivity (Wildman–Crippen MR) is 86.4 cm³/mol. The van der Waals surface area contributed by atoms with Crippen LogP contribution in [-0.4, -0.2) is 44.9 Å². The van der Waals surface area contributed by atoms with E-state index in [-0.39, 0.29) is 12.1 Å². The maximum atomic E-state index is 12.7. The second-order valence-corrected chi connectivity index (χ2v) is 8.14. The fourth-order valence-electron chi connectivity index (χ4n) is 3.58. The van der Waals surface area contributed by atoms with E-state index in [0.717, 1.165) is 51.5 Å². The summed E-state index contributed by atoms with van der Waals surface area (Å²) in [7, 11) is -1.45. The molecule has 0 aromatic rings. The van der Waals surface area contributed by atoms with Crippen molar-refractivity contribution in [3.8, 4) is 0 Å². The minimum absolute atomic E-state index is 0.106. The highest BCUT2D eigenvalue weighted by Gasteiger charge is 2.33. The summed E-state index contributed by atoms with van der Waals surface area (Å²) in [6.07, 6.45) is 11.1. The Labute approximate surface area is 130 Å². The number of hydrogen-bond acceptors (Lipinski definition) is 3. The van der Waals surface area contributed by atoms with Crippen molar-refractivity contribution in [2.24, 2.45) is 0 Å². The monoisotopic (exact) mass is 317 g/mol. The molecule has 2 rings (SSSR count). The molecule has 5 nitrogen and oxygen atoms in total. The molecule has 1 heterocycles. The summed E-state index contributed by atoms with van der Waals surface area (Å²) in [4.78, 5) is 0. The van der Waals surface area contributed by atoms with Crippen LogP contribution in [-0.2, 0) is 10.2 Å². The molecule has 0 aromatic carbocycles. The lowest BCUT2D eigenvalue weighted by Gasteiger charge is -2.36. The van der Waals surface area contributed by atoms with Gasteiger partial charge >= 0.3 is 0 Å². The van der Waals surface area contributed by atoms with E-state index >= 15 is 0 Å². The minimum atomic E-state index is -3.34. The molecule has 0 spiro atoms. The van der Waals surface area contributed by atoms with Crippen LogP contribution in [0.15, 0.2) is 0 Å². The zero-order valence-corrected chi connectivity index (χ0v) is 14.1. The second kappa shape index (κ2) is 8.46. The number of likely N-dealkylation sites (N-methyl/N-ethyl adjacent to an activating group) is 1. The Hall–Kier alpha value is -0.170. The highest BCUT2D eigenvalue weighted by atomic mass is 32.2. The molecule has 1 saturated heterocycles. The van der Waals surface area contributed by atoms with Crippen molar-refractivity contribution >= 4 is 10.2 Å². The normalized spacial score (nSPS) is 27.2. The Kier molecular flexibility index (Phi) is 6.92. The number of nitrogens with one attached hydrogen (secondary N) is 2. The number of piperidine rings is 1. The van der Waals surface area contributed by atoms with Gasteiger partial charge in [0, 0.05) is 25.2 Å². The molecule has 1 saturated carbocycles. The van der Waals surface area contributed by atoms with Gasteiger partial charge in [-0.25, -0.2) is 0 Å². The molecule has 0 bridgehead atoms. The van der Waals surface area contributed by atoms with Crippen LogP contribution in [0.5, 0.6) is 0 Å². The van der Waals surface area contributed by atoms with Gasteiger partial charge in [0.1, 0.15) is 0 Å². The van der Waals surface area contributed by atoms with Gasteiger partial charge in [0.2, 0.25) is 0 Å². The zero-order chi connectivity index (χ0) is 15.1. The summed E-state index contributed by atoms with van der Waals surface area (Å²) >= 11 is 0. The van der Waals surface area contributed by atoms with Crippen LogP contribution in [0.3, 0.4) is 0 Å². The number of rotatable bonds is 5. The highest BCUT2D eigenvalue weighted by molar-refractivity contribution is 7.87. The smallest absolute Gasteiger partial charge is 0.279 e. The first-order chi connectivity index (χ1) is 10.1. The lowest BCUT2D eigenvalue weighted by Crippen LogP contribution is -2.54. The van der Waals surface area contributed by atoms with Gasteiger partial charge in [0.15, 0.2) is 0 Å². The summed E-state index contributed by atoms with van der Waals surface area (Å²) in [6.45, 7) is 1.40. The van der Waals surface area contributed by atoms with Crippen LogP contribution < -0.4 is 10.0 Å². The molecule has 21 heavy (non-hydrogen) atoms. The Morgan fingerprint density at radius 2 is 1.57 bits per heavy atom. The molecule has 6 heteroatoms. The van der Waals surface area contributed by atoms with Crippen LogP contribution in [0.4, 0.5) is 0 Å². The van der Waals surface area contributed by atoms with Gasteiger partial charge in [-0.05, 0) is 32.7 Å². The molecular weight excluding hydrogens is 286 g/mol. The minimum Gasteiger partial charge on any atom is -0.318 e. The van der Waals surface area contributed by atoms with Crippen molar-refractivity contribution in [1.29, 1.82) is 0 Å². The molecule has 2 fully saturated rings. The third kappa shape index (κ3) is 5.20. The van der Waals surface area contributed by atoms with E-state index < -0.39 is 10.2 Å². The predicted octanol–water partition coefficient (Wildman–Crippen LogP) is 2.01. The van der Waals surface area contributed by atoms with E-state index in [4.69, 9.17) is 0 Å². The summed E-state index contributed by atoms with van der Waals surface area (Å²) in [6, 6.07) is 0.238. The molecule has 2 N–H and O–H groups in total. The zero-order valence-electron chi connectivity index (χ0n) is 13.3. The van der Waals surface area contributed by atoms with Gasteiger partial charge in [-0.1, -0.05) is 38.5 Å². The van der Waals surface area contributed by atoms with Crippen molar-refractivity contribution in [2.75, 3.05) is 20.1 Å². The van der Waals surface area contributed by atoms with Gasteiger partial charge in [-0.2, -0.15) is 17.4 Å². The molecule has 0 amide bonds. The van der Waals surface area contributed by atoms with Crippen molar-refractivity contribution < 1.29 is 8.42 Å². The Morgan fingerprint density at radius 3 is 2.24 bits per heavy atom. The molecule has 1 atom stereocenters. The van der Waals surface area contributed by atoms with Crippen molar-refractivity contribution in [2.45, 2.75) is 76.3 Å². The average molecular weight is 317 g/mol. The summed E-state index contributed by atoms with van der Waals surface area (Å²) in [5.74, 6) is 0. The largest absolute Gasteiger partial charge is 0.318 e. The van der Waals surface area contributed by atoms with Gasteiger partial charge in [-0.15, -0.1) is 0 Å². The first kappa shape index (κ1) is 17.2. The average Bonchev–Trinajstić information content (AvgIpc) is 2.42. The van der Waals surface area contributed by atoms with Gasteiger partial charge in [-0.3, -0.25) is 0 Å². The second-order valence-electron chi connectivity index (χ2n) is 6.48. The topological polar surface area (TPSA) is 61.4 Å². The van der Waals surface area contributed by atoms with Gasteiger partial charge in [0.05, 0.1) is 0 Å². The lowest BCUT2D eigenvalue weighted by atomic mass is 9.97. The summed E-state index contributed by atoms with van der Waals surface area (Å²) < 4.78 is 30.1. The van der Waals surface area contributed by atoms with E-state index in [1.165, 1.54) is 19.3 Å². The molecule has 1 unspecified atom stereocenters. The summed E-state index contributed by atoms with van der Waals surface area (Å²) in [5, 5.41) is 3.13. The van der Waals surface area contributed by atoms with Crippen LogP contribution in [0, 0.1) is 0 Å². The Bertz CT molecular complexity index is 390. The van der Waals surface area contributed by atoms with Crippen molar-refractivity contribution in [1.82, 2.24) is 14.3 Å². The maximum Gasteiger partial charge on any atom is 0.279 e. The molecule has 0 radical (unpaired) electrons. The maximum absolute atomic E-state index is 12.7. The van der Waals surface area contributed by atoms with E-state index in [0.29, 0.717) is 6.54 Å². The fraction of sp³-hybridized carbons (Fsp3) is 1.00. The van der Waals surface area contributed by atoms with Crippen molar-refractivity contribution in [3.05, 3.63) is 0 Å². The molecule has 0 aromatic heterocycles. The SMILES string of the molecule is CNCC1CCCCN1S(=O)(=O)NC1CCCCCCC1. The van der Waals surface area contributed by atoms with Gasteiger partial charge < -0.3 is 5.32 Å². The summed E-state index contributed by atoms with van der Waals surface area (Å²) in [5.41, 5.74) is 0. The lowest BCUT2D eigenvalue weighted by molar-refractivity contribution is 0.243. The quantitative estimate of drug-likeness (QED) is 0.815. The van der Waals surface area contributed by atoms with E-state index in [9.17, 15) is 8.42 Å². The molecular formula is C15H31N3O2S. The Morgan fingerprint density at radius 1 is 0.952 bits per heavy atom. The van der Waals surface area contributed by atoms with E-state index in [2.05, 4.69) is 10.0 Å². The van der Waals surface area contributed by atoms with Crippen molar-refractivity contribution in [3.63, 3.8) is 0 Å². The third-order valence-electron chi connectivity index (χ3n) is 4.74. The number of nitrogens with zero attached hydrogens (tertiary/aromatic N) is 1. The number of hydrogen-bond donors (Lipinski definition) is 2. The molecule has 1 aliphatic carbocycles. The van der Waals surface area contributed by atoms with E-state index in [1.807, 2.05) is 7.05 Å². The standard InChI is InChI=1S/C15H31N3O2S/c1-16-13-15-11-7-8-12-18(15)21(19,20)17-14-9-5-3-2-4-6-10-14/h14-17H,2-13H2,1H3.